The molecular formula is C26H27FN2O. The Morgan fingerprint density at radius 1 is 0.900 bits per heavy atom. The first kappa shape index (κ1) is 20.1. The Balaban J connectivity index is 1.72. The van der Waals surface area contributed by atoms with Gasteiger partial charge < -0.3 is 4.74 Å². The Morgan fingerprint density at radius 2 is 1.57 bits per heavy atom. The average Bonchev–Trinajstić information content (AvgIpc) is 3.12. The summed E-state index contributed by atoms with van der Waals surface area (Å²) in [4.78, 5) is 4.53. The Kier molecular flexibility index (Phi) is 5.10. The molecule has 0 aliphatic carbocycles. The summed E-state index contributed by atoms with van der Waals surface area (Å²) in [5, 5.41) is 0. The number of nitrogens with zero attached hydrogens (tertiary/aromatic N) is 2. The number of halogens is 1. The molecule has 0 N–H and O–H groups in total. The van der Waals surface area contributed by atoms with Crippen molar-refractivity contribution in [3.63, 3.8) is 0 Å². The molecule has 0 atom stereocenters. The molecule has 2 aromatic heterocycles. The van der Waals surface area contributed by atoms with Gasteiger partial charge in [-0.25, -0.2) is 9.37 Å². The topological polar surface area (TPSA) is 26.5 Å². The molecule has 4 aromatic rings. The quantitative estimate of drug-likeness (QED) is 0.371. The number of rotatable bonds is 4. The summed E-state index contributed by atoms with van der Waals surface area (Å²) < 4.78 is 22.1. The van der Waals surface area contributed by atoms with Crippen LogP contribution in [0.2, 0.25) is 0 Å². The third kappa shape index (κ3) is 3.95. The molecule has 2 aromatic carbocycles. The smallest absolute Gasteiger partial charge is 0.165 e. The van der Waals surface area contributed by atoms with Gasteiger partial charge >= 0.3 is 0 Å². The van der Waals surface area contributed by atoms with Crippen LogP contribution >= 0.6 is 0 Å². The van der Waals surface area contributed by atoms with Crippen molar-refractivity contribution >= 4 is 5.65 Å². The highest BCUT2D eigenvalue weighted by molar-refractivity contribution is 5.69. The summed E-state index contributed by atoms with van der Waals surface area (Å²) >= 11 is 0. The zero-order valence-electron chi connectivity index (χ0n) is 18.1. The zero-order valence-corrected chi connectivity index (χ0v) is 18.1. The molecule has 154 valence electrons. The maximum Gasteiger partial charge on any atom is 0.165 e. The van der Waals surface area contributed by atoms with E-state index in [9.17, 15) is 4.39 Å². The SMILES string of the molecule is CC(C)Oc1ccc(-c2ccc3ncc(-c4ccc(C(C)(C)C)cc4)n3c2)cc1F. The fourth-order valence-corrected chi connectivity index (χ4v) is 3.54. The number of ether oxygens (including phenoxy) is 1. The van der Waals surface area contributed by atoms with Gasteiger partial charge in [-0.15, -0.1) is 0 Å². The van der Waals surface area contributed by atoms with Crippen LogP contribution < -0.4 is 4.74 Å². The van der Waals surface area contributed by atoms with E-state index in [-0.39, 0.29) is 23.1 Å². The van der Waals surface area contributed by atoms with Crippen molar-refractivity contribution in [3.05, 3.63) is 78.4 Å². The van der Waals surface area contributed by atoms with E-state index in [1.54, 1.807) is 6.07 Å². The highest BCUT2D eigenvalue weighted by Crippen LogP contribution is 2.30. The normalized spacial score (nSPS) is 12.0. The highest BCUT2D eigenvalue weighted by Gasteiger charge is 2.14. The van der Waals surface area contributed by atoms with Crippen molar-refractivity contribution in [1.29, 1.82) is 0 Å². The molecule has 0 radical (unpaired) electrons. The number of benzene rings is 2. The van der Waals surface area contributed by atoms with E-state index in [4.69, 9.17) is 4.74 Å². The molecule has 4 heteroatoms. The van der Waals surface area contributed by atoms with Crippen molar-refractivity contribution in [1.82, 2.24) is 9.38 Å². The second-order valence-electron chi connectivity index (χ2n) is 8.93. The molecular weight excluding hydrogens is 375 g/mol. The maximum atomic E-state index is 14.5. The second kappa shape index (κ2) is 7.60. The van der Waals surface area contributed by atoms with Gasteiger partial charge in [-0.05, 0) is 60.2 Å². The first-order chi connectivity index (χ1) is 14.2. The number of imidazole rings is 1. The van der Waals surface area contributed by atoms with E-state index in [0.717, 1.165) is 28.0 Å². The number of hydrogen-bond donors (Lipinski definition) is 0. The molecule has 3 nitrogen and oxygen atoms in total. The summed E-state index contributed by atoms with van der Waals surface area (Å²) in [6.45, 7) is 10.4. The largest absolute Gasteiger partial charge is 0.488 e. The van der Waals surface area contributed by atoms with Crippen LogP contribution in [-0.2, 0) is 5.41 Å². The lowest BCUT2D eigenvalue weighted by atomic mass is 9.86. The van der Waals surface area contributed by atoms with E-state index in [1.165, 1.54) is 11.6 Å². The molecule has 30 heavy (non-hydrogen) atoms. The van der Waals surface area contributed by atoms with Gasteiger partial charge in [0.25, 0.3) is 0 Å². The van der Waals surface area contributed by atoms with Crippen LogP contribution in [0.4, 0.5) is 4.39 Å². The van der Waals surface area contributed by atoms with Crippen LogP contribution in [0, 0.1) is 5.82 Å². The minimum Gasteiger partial charge on any atom is -0.488 e. The van der Waals surface area contributed by atoms with Crippen LogP contribution in [0.5, 0.6) is 5.75 Å². The number of fused-ring (bicyclic) bond motifs is 1. The van der Waals surface area contributed by atoms with Gasteiger partial charge in [0.2, 0.25) is 0 Å². The molecule has 0 unspecified atom stereocenters. The summed E-state index contributed by atoms with van der Waals surface area (Å²) in [7, 11) is 0. The monoisotopic (exact) mass is 402 g/mol. The minimum absolute atomic E-state index is 0.0696. The van der Waals surface area contributed by atoms with Crippen LogP contribution in [0.1, 0.15) is 40.2 Å². The van der Waals surface area contributed by atoms with E-state index < -0.39 is 0 Å². The molecule has 0 spiro atoms. The van der Waals surface area contributed by atoms with Crippen LogP contribution in [0.25, 0.3) is 28.0 Å². The Morgan fingerprint density at radius 3 is 2.20 bits per heavy atom. The minimum atomic E-state index is -0.357. The van der Waals surface area contributed by atoms with Crippen molar-refractivity contribution in [2.24, 2.45) is 0 Å². The van der Waals surface area contributed by atoms with Gasteiger partial charge in [0.05, 0.1) is 18.0 Å². The molecule has 4 rings (SSSR count). The summed E-state index contributed by atoms with van der Waals surface area (Å²) in [6, 6.07) is 17.6. The van der Waals surface area contributed by atoms with Gasteiger partial charge in [-0.2, -0.15) is 0 Å². The van der Waals surface area contributed by atoms with Gasteiger partial charge in [0, 0.05) is 11.8 Å². The van der Waals surface area contributed by atoms with E-state index in [1.807, 2.05) is 44.4 Å². The first-order valence-corrected chi connectivity index (χ1v) is 10.3. The van der Waals surface area contributed by atoms with Gasteiger partial charge in [0.1, 0.15) is 5.65 Å². The van der Waals surface area contributed by atoms with Gasteiger partial charge in [0.15, 0.2) is 11.6 Å². The van der Waals surface area contributed by atoms with Crippen LogP contribution in [0.15, 0.2) is 67.0 Å². The van der Waals surface area contributed by atoms with Crippen molar-refractivity contribution in [3.8, 4) is 28.1 Å². The third-order valence-electron chi connectivity index (χ3n) is 5.18. The first-order valence-electron chi connectivity index (χ1n) is 10.3. The number of aromatic nitrogens is 2. The van der Waals surface area contributed by atoms with Crippen molar-refractivity contribution in [2.75, 3.05) is 0 Å². The lowest BCUT2D eigenvalue weighted by Crippen LogP contribution is -2.10. The van der Waals surface area contributed by atoms with Crippen LogP contribution in [-0.4, -0.2) is 15.5 Å². The average molecular weight is 403 g/mol. The van der Waals surface area contributed by atoms with Gasteiger partial charge in [-0.3, -0.25) is 4.40 Å². The predicted octanol–water partition coefficient (Wildman–Crippen LogP) is 6.89. The fraction of sp³-hybridized carbons (Fsp3) is 0.269. The Hall–Kier alpha value is -3.14. The molecule has 0 aliphatic heterocycles. The Labute approximate surface area is 177 Å². The highest BCUT2D eigenvalue weighted by atomic mass is 19.1. The standard InChI is InChI=1S/C26H27FN2O/c1-17(2)30-24-12-8-19(14-22(24)27)20-9-13-25-28-15-23(29(25)16-20)18-6-10-21(11-7-18)26(3,4)5/h6-17H,1-5H3. The summed E-state index contributed by atoms with van der Waals surface area (Å²) in [6.07, 6.45) is 3.82. The molecule has 0 saturated heterocycles. The lowest BCUT2D eigenvalue weighted by molar-refractivity contribution is 0.231. The Bertz CT molecular complexity index is 1180. The predicted molar refractivity (Wildman–Crippen MR) is 120 cm³/mol. The second-order valence-corrected chi connectivity index (χ2v) is 8.93. The van der Waals surface area contributed by atoms with Gasteiger partial charge in [-0.1, -0.05) is 51.1 Å². The molecule has 0 amide bonds. The van der Waals surface area contributed by atoms with E-state index >= 15 is 0 Å². The van der Waals surface area contributed by atoms with Crippen molar-refractivity contribution < 1.29 is 9.13 Å². The summed E-state index contributed by atoms with van der Waals surface area (Å²) in [5.41, 5.74) is 6.08. The molecule has 2 heterocycles. The van der Waals surface area contributed by atoms with E-state index in [2.05, 4.69) is 54.4 Å². The fourth-order valence-electron chi connectivity index (χ4n) is 3.54. The molecule has 0 aliphatic rings. The lowest BCUT2D eigenvalue weighted by Gasteiger charge is -2.19. The summed E-state index contributed by atoms with van der Waals surface area (Å²) in [5.74, 6) is -0.0815. The van der Waals surface area contributed by atoms with Crippen LogP contribution in [0.3, 0.4) is 0 Å². The van der Waals surface area contributed by atoms with E-state index in [0.29, 0.717) is 0 Å². The zero-order chi connectivity index (χ0) is 21.5. The molecule has 0 bridgehead atoms. The number of hydrogen-bond acceptors (Lipinski definition) is 2. The number of pyridine rings is 1. The third-order valence-corrected chi connectivity index (χ3v) is 5.18. The molecule has 0 saturated carbocycles. The molecule has 0 fully saturated rings. The van der Waals surface area contributed by atoms with Crippen molar-refractivity contribution in [2.45, 2.75) is 46.1 Å². The maximum absolute atomic E-state index is 14.5.